The number of amides is 4. The van der Waals surface area contributed by atoms with Gasteiger partial charge in [0.05, 0.1) is 23.5 Å². The Bertz CT molecular complexity index is 2170. The molecule has 10 rings (SSSR count). The Morgan fingerprint density at radius 1 is 0.613 bits per heavy atom. The number of aromatic amines is 2. The number of hydrogen-bond donors (Lipinski definition) is 6. The summed E-state index contributed by atoms with van der Waals surface area (Å²) in [4.78, 5) is 71.8. The Hall–Kier alpha value is -6.00. The SMILES string of the molecule is O=C(O)N[C@H](C(=O)N1[C@@H]2C[C@@H]2C[C@H]1c1nc(-c2ccc(C=Cc3ccc(-c4c[nH]c([C@@H]5C[C@H]6C[C@H]6N5C(=O)[C@@H](NC(=O)O)C5CCOCC5)n4)cc3)cc2)c[nH]1)C1CCOCC1. The lowest BCUT2D eigenvalue weighted by molar-refractivity contribution is -0.138. The van der Waals surface area contributed by atoms with E-state index >= 15 is 0 Å². The molecule has 6 heterocycles. The number of benzene rings is 2. The van der Waals surface area contributed by atoms with Gasteiger partial charge in [0.25, 0.3) is 0 Å². The molecule has 4 saturated heterocycles. The Morgan fingerprint density at radius 2 is 1.00 bits per heavy atom. The normalized spacial score (nSPS) is 26.8. The number of carboxylic acid groups (broad SMARTS) is 2. The van der Waals surface area contributed by atoms with Gasteiger partial charge in [0.1, 0.15) is 23.7 Å². The van der Waals surface area contributed by atoms with Crippen molar-refractivity contribution in [1.82, 2.24) is 40.4 Å². The van der Waals surface area contributed by atoms with E-state index in [0.29, 0.717) is 63.9 Å². The van der Waals surface area contributed by atoms with Crippen LogP contribution in [0.5, 0.6) is 0 Å². The molecule has 0 spiro atoms. The summed E-state index contributed by atoms with van der Waals surface area (Å²) in [6.45, 7) is 2.09. The number of likely N-dealkylation sites (tertiary alicyclic amines) is 2. The highest BCUT2D eigenvalue weighted by molar-refractivity contribution is 5.88. The van der Waals surface area contributed by atoms with E-state index < -0.39 is 24.3 Å². The minimum Gasteiger partial charge on any atom is -0.465 e. The number of H-pyrrole nitrogens is 2. The van der Waals surface area contributed by atoms with E-state index in [1.807, 2.05) is 70.7 Å². The van der Waals surface area contributed by atoms with Crippen LogP contribution in [0.3, 0.4) is 0 Å². The van der Waals surface area contributed by atoms with Crippen LogP contribution in [0.4, 0.5) is 9.59 Å². The van der Waals surface area contributed by atoms with Gasteiger partial charge in [-0.3, -0.25) is 9.59 Å². The average Bonchev–Trinajstić information content (AvgIpc) is 3.87. The third-order valence-corrected chi connectivity index (χ3v) is 14.0. The standard InChI is InChI=1S/C46H52N8O8/c55-43(39(51-45(57)58)29-11-15-61-16-12-29)53-35-19-31(35)21-37(53)41-47-23-33(49-41)27-7-3-25(4-8-27)1-2-26-5-9-28(10-6-26)34-24-48-42(50-34)38-22-32-20-36(32)54(38)44(56)40(52-46(59)60)30-13-17-62-18-14-30/h1-10,23-24,29-32,35-40,51-52H,11-22H2,(H,47,49)(H,48,50)(H,57,58)(H,59,60)/t31-,32-,35-,36-,37+,38+,39+,40+/m1/s1. The van der Waals surface area contributed by atoms with Gasteiger partial charge in [-0.25, -0.2) is 19.6 Å². The maximum atomic E-state index is 14.0. The second-order valence-corrected chi connectivity index (χ2v) is 17.8. The molecule has 0 bridgehead atoms. The van der Waals surface area contributed by atoms with Crippen molar-refractivity contribution < 1.29 is 38.9 Å². The highest BCUT2D eigenvalue weighted by atomic mass is 16.5. The van der Waals surface area contributed by atoms with Crippen molar-refractivity contribution in [2.24, 2.45) is 23.7 Å². The van der Waals surface area contributed by atoms with Gasteiger partial charge in [-0.2, -0.15) is 0 Å². The van der Waals surface area contributed by atoms with Crippen LogP contribution in [0.15, 0.2) is 60.9 Å². The third-order valence-electron chi connectivity index (χ3n) is 14.0. The number of aromatic nitrogens is 4. The molecule has 0 unspecified atom stereocenters. The van der Waals surface area contributed by atoms with E-state index in [-0.39, 0.29) is 47.8 Å². The van der Waals surface area contributed by atoms with E-state index in [1.54, 1.807) is 0 Å². The number of ether oxygens (including phenoxy) is 2. The number of fused-ring (bicyclic) bond motifs is 2. The molecule has 16 nitrogen and oxygen atoms in total. The van der Waals surface area contributed by atoms with Crippen LogP contribution >= 0.6 is 0 Å². The first-order valence-corrected chi connectivity index (χ1v) is 22.0. The second-order valence-electron chi connectivity index (χ2n) is 17.8. The van der Waals surface area contributed by atoms with Crippen LogP contribution in [0, 0.1) is 23.7 Å². The molecule has 2 saturated carbocycles. The zero-order chi connectivity index (χ0) is 42.5. The molecule has 6 aliphatic rings. The van der Waals surface area contributed by atoms with Crippen molar-refractivity contribution in [1.29, 1.82) is 0 Å². The summed E-state index contributed by atoms with van der Waals surface area (Å²) < 4.78 is 11.0. The number of hydrogen-bond acceptors (Lipinski definition) is 8. The summed E-state index contributed by atoms with van der Waals surface area (Å²) in [6, 6.07) is 14.4. The number of rotatable bonds is 12. The first-order valence-electron chi connectivity index (χ1n) is 22.0. The molecule has 0 radical (unpaired) electrons. The van der Waals surface area contributed by atoms with Gasteiger partial charge in [-0.1, -0.05) is 60.7 Å². The van der Waals surface area contributed by atoms with Gasteiger partial charge in [0.2, 0.25) is 11.8 Å². The predicted molar refractivity (Wildman–Crippen MR) is 226 cm³/mol. The predicted octanol–water partition coefficient (Wildman–Crippen LogP) is 6.09. The van der Waals surface area contributed by atoms with Gasteiger partial charge in [-0.05, 0) is 86.2 Å². The molecule has 2 aromatic heterocycles. The molecule has 6 fully saturated rings. The number of imidazole rings is 2. The highest BCUT2D eigenvalue weighted by Gasteiger charge is 2.58. The molecule has 6 N–H and O–H groups in total. The zero-order valence-corrected chi connectivity index (χ0v) is 34.3. The molecule has 4 amide bonds. The Balaban J connectivity index is 0.773. The van der Waals surface area contributed by atoms with Gasteiger partial charge >= 0.3 is 12.2 Å². The van der Waals surface area contributed by atoms with Crippen molar-refractivity contribution in [2.75, 3.05) is 26.4 Å². The van der Waals surface area contributed by atoms with Crippen molar-refractivity contribution in [3.63, 3.8) is 0 Å². The summed E-state index contributed by atoms with van der Waals surface area (Å²) >= 11 is 0. The van der Waals surface area contributed by atoms with Gasteiger partial charge in [0, 0.05) is 62.0 Å². The lowest BCUT2D eigenvalue weighted by Crippen LogP contribution is -2.53. The fraction of sp³-hybridized carbons (Fsp3) is 0.478. The van der Waals surface area contributed by atoms with E-state index in [9.17, 15) is 29.4 Å². The monoisotopic (exact) mass is 844 g/mol. The fourth-order valence-corrected chi connectivity index (χ4v) is 10.5. The molecule has 4 aliphatic heterocycles. The lowest BCUT2D eigenvalue weighted by atomic mass is 9.90. The molecule has 324 valence electrons. The molecule has 62 heavy (non-hydrogen) atoms. The smallest absolute Gasteiger partial charge is 0.405 e. The van der Waals surface area contributed by atoms with Crippen LogP contribution < -0.4 is 10.6 Å². The maximum Gasteiger partial charge on any atom is 0.405 e. The summed E-state index contributed by atoms with van der Waals surface area (Å²) in [5, 5.41) is 24.3. The largest absolute Gasteiger partial charge is 0.465 e. The Labute approximate surface area is 358 Å². The first kappa shape index (κ1) is 40.1. The van der Waals surface area contributed by atoms with Crippen LogP contribution in [0.2, 0.25) is 0 Å². The third kappa shape index (κ3) is 8.08. The van der Waals surface area contributed by atoms with E-state index in [1.165, 1.54) is 0 Å². The number of piperidine rings is 2. The lowest BCUT2D eigenvalue weighted by Gasteiger charge is -2.35. The number of nitrogens with one attached hydrogen (secondary N) is 4. The minimum absolute atomic E-state index is 0.102. The van der Waals surface area contributed by atoms with Gasteiger partial charge in [-0.15, -0.1) is 0 Å². The fourth-order valence-electron chi connectivity index (χ4n) is 10.5. The molecule has 8 atom stereocenters. The van der Waals surface area contributed by atoms with Crippen LogP contribution in [-0.4, -0.2) is 115 Å². The van der Waals surface area contributed by atoms with Crippen molar-refractivity contribution in [3.05, 3.63) is 83.7 Å². The topological polar surface area (TPSA) is 215 Å². The highest BCUT2D eigenvalue weighted by Crippen LogP contribution is 2.55. The van der Waals surface area contributed by atoms with E-state index in [0.717, 1.165) is 71.0 Å². The summed E-state index contributed by atoms with van der Waals surface area (Å²) in [6.07, 6.45) is 11.5. The molecular weight excluding hydrogens is 793 g/mol. The average molecular weight is 845 g/mol. The van der Waals surface area contributed by atoms with Crippen LogP contribution in [-0.2, 0) is 19.1 Å². The number of carbonyl (C=O) groups excluding carboxylic acids is 2. The van der Waals surface area contributed by atoms with Crippen molar-refractivity contribution >= 4 is 36.2 Å². The van der Waals surface area contributed by atoms with Crippen LogP contribution in [0.1, 0.15) is 86.2 Å². The van der Waals surface area contributed by atoms with Crippen LogP contribution in [0.25, 0.3) is 34.7 Å². The quantitative estimate of drug-likeness (QED) is 0.0904. The Kier molecular flexibility index (Phi) is 10.8. The molecule has 2 aromatic carbocycles. The zero-order valence-electron chi connectivity index (χ0n) is 34.3. The van der Waals surface area contributed by atoms with Crippen molar-refractivity contribution in [3.8, 4) is 22.5 Å². The van der Waals surface area contributed by atoms with Gasteiger partial charge in [0.15, 0.2) is 0 Å². The molecule has 2 aliphatic carbocycles. The summed E-state index contributed by atoms with van der Waals surface area (Å²) in [5.74, 6) is 1.71. The van der Waals surface area contributed by atoms with Crippen molar-refractivity contribution in [2.45, 2.75) is 87.6 Å². The van der Waals surface area contributed by atoms with E-state index in [4.69, 9.17) is 19.4 Å². The van der Waals surface area contributed by atoms with E-state index in [2.05, 4.69) is 32.8 Å². The number of nitrogens with zero attached hydrogens (tertiary/aromatic N) is 4. The first-order chi connectivity index (χ1) is 30.2. The minimum atomic E-state index is -1.19. The molecule has 16 heteroatoms. The maximum absolute atomic E-state index is 14.0. The second kappa shape index (κ2) is 16.7. The summed E-state index contributed by atoms with van der Waals surface area (Å²) in [7, 11) is 0. The molecular formula is C46H52N8O8. The molecule has 4 aromatic rings. The summed E-state index contributed by atoms with van der Waals surface area (Å²) in [5.41, 5.74) is 5.50. The van der Waals surface area contributed by atoms with Gasteiger partial charge < -0.3 is 50.1 Å². The number of carbonyl (C=O) groups is 4. The Morgan fingerprint density at radius 3 is 1.37 bits per heavy atom.